The Hall–Kier alpha value is -1.66. The number of hydrogen-bond acceptors (Lipinski definition) is 4. The molecule has 21 heavy (non-hydrogen) atoms. The molecule has 0 unspecified atom stereocenters. The minimum Gasteiger partial charge on any atom is -0.396 e. The first-order valence-electron chi connectivity index (χ1n) is 6.88. The van der Waals surface area contributed by atoms with Gasteiger partial charge in [-0.3, -0.25) is 14.9 Å². The van der Waals surface area contributed by atoms with E-state index >= 15 is 0 Å². The molecule has 1 aromatic carbocycles. The second kappa shape index (κ2) is 6.87. The van der Waals surface area contributed by atoms with Gasteiger partial charge in [-0.25, -0.2) is 0 Å². The molecule has 1 fully saturated rings. The summed E-state index contributed by atoms with van der Waals surface area (Å²) in [5, 5.41) is 22.9. The number of benzene rings is 1. The Kier molecular flexibility index (Phi) is 5.14. The average Bonchev–Trinajstić information content (AvgIpc) is 2.47. The third-order valence-electron chi connectivity index (χ3n) is 3.87. The molecule has 0 aliphatic heterocycles. The molecule has 0 bridgehead atoms. The molecule has 2 atom stereocenters. The molecule has 1 amide bonds. The normalized spacial score (nSPS) is 21.8. The first-order chi connectivity index (χ1) is 10.0. The van der Waals surface area contributed by atoms with E-state index in [1.807, 2.05) is 0 Å². The molecule has 0 saturated heterocycles. The maximum atomic E-state index is 12.2. The highest BCUT2D eigenvalue weighted by molar-refractivity contribution is 6.33. The largest absolute Gasteiger partial charge is 0.396 e. The molecular formula is C14H17ClN2O4. The van der Waals surface area contributed by atoms with Crippen molar-refractivity contribution in [3.05, 3.63) is 38.9 Å². The minimum atomic E-state index is -0.590. The number of nitrogens with zero attached hydrogens (tertiary/aromatic N) is 1. The Morgan fingerprint density at radius 2 is 2.14 bits per heavy atom. The molecule has 1 aliphatic rings. The van der Waals surface area contributed by atoms with Gasteiger partial charge in [0.15, 0.2) is 0 Å². The number of nitro groups is 1. The number of halogens is 1. The summed E-state index contributed by atoms with van der Waals surface area (Å²) in [6, 6.07) is 3.84. The first kappa shape index (κ1) is 15.7. The second-order valence-corrected chi connectivity index (χ2v) is 5.64. The van der Waals surface area contributed by atoms with E-state index in [1.54, 1.807) is 0 Å². The lowest BCUT2D eigenvalue weighted by atomic mass is 9.85. The van der Waals surface area contributed by atoms with Gasteiger partial charge in [0.2, 0.25) is 0 Å². The molecule has 1 aliphatic carbocycles. The molecule has 1 saturated carbocycles. The van der Waals surface area contributed by atoms with E-state index in [9.17, 15) is 20.0 Å². The van der Waals surface area contributed by atoms with Gasteiger partial charge in [-0.2, -0.15) is 0 Å². The van der Waals surface area contributed by atoms with E-state index in [-0.39, 0.29) is 40.7 Å². The topological polar surface area (TPSA) is 92.5 Å². The highest BCUT2D eigenvalue weighted by Gasteiger charge is 2.26. The van der Waals surface area contributed by atoms with Gasteiger partial charge in [-0.1, -0.05) is 24.4 Å². The Labute approximate surface area is 127 Å². The summed E-state index contributed by atoms with van der Waals surface area (Å²) in [5.41, 5.74) is 0.0620. The molecule has 0 heterocycles. The van der Waals surface area contributed by atoms with Crippen LogP contribution in [0.5, 0.6) is 0 Å². The van der Waals surface area contributed by atoms with Gasteiger partial charge >= 0.3 is 0 Å². The average molecular weight is 313 g/mol. The summed E-state index contributed by atoms with van der Waals surface area (Å²) in [5.74, 6) is -0.256. The number of aliphatic hydroxyl groups excluding tert-OH is 1. The Morgan fingerprint density at radius 1 is 1.43 bits per heavy atom. The maximum absolute atomic E-state index is 12.2. The Morgan fingerprint density at radius 3 is 2.76 bits per heavy atom. The van der Waals surface area contributed by atoms with Crippen molar-refractivity contribution in [2.45, 2.75) is 31.7 Å². The molecule has 2 N–H and O–H groups in total. The molecule has 0 aromatic heterocycles. The Balaban J connectivity index is 2.09. The Bertz CT molecular complexity index is 550. The molecule has 0 radical (unpaired) electrons. The number of carbonyl (C=O) groups excluding carboxylic acids is 1. The number of amides is 1. The van der Waals surface area contributed by atoms with Gasteiger partial charge in [-0.15, -0.1) is 0 Å². The number of hydrogen-bond donors (Lipinski definition) is 2. The number of nitrogens with one attached hydrogen (secondary N) is 1. The van der Waals surface area contributed by atoms with Gasteiger partial charge in [0.1, 0.15) is 5.02 Å². The van der Waals surface area contributed by atoms with E-state index < -0.39 is 4.92 Å². The fourth-order valence-electron chi connectivity index (χ4n) is 2.66. The van der Waals surface area contributed by atoms with Crippen LogP contribution in [0.1, 0.15) is 36.0 Å². The van der Waals surface area contributed by atoms with Gasteiger partial charge in [-0.05, 0) is 25.0 Å². The van der Waals surface area contributed by atoms with Crippen LogP contribution in [-0.2, 0) is 0 Å². The summed E-state index contributed by atoms with van der Waals surface area (Å²) in [4.78, 5) is 22.3. The van der Waals surface area contributed by atoms with Crippen molar-refractivity contribution in [1.82, 2.24) is 5.32 Å². The fraction of sp³-hybridized carbons (Fsp3) is 0.500. The second-order valence-electron chi connectivity index (χ2n) is 5.23. The highest BCUT2D eigenvalue weighted by Crippen LogP contribution is 2.26. The van der Waals surface area contributed by atoms with Crippen LogP contribution in [0, 0.1) is 16.0 Å². The van der Waals surface area contributed by atoms with E-state index in [0.717, 1.165) is 25.7 Å². The molecule has 1 aromatic rings. The third kappa shape index (κ3) is 3.71. The van der Waals surface area contributed by atoms with Gasteiger partial charge in [0, 0.05) is 30.2 Å². The first-order valence-corrected chi connectivity index (χ1v) is 7.26. The molecular weight excluding hydrogens is 296 g/mol. The van der Waals surface area contributed by atoms with E-state index in [2.05, 4.69) is 5.32 Å². The zero-order valence-electron chi connectivity index (χ0n) is 11.4. The minimum absolute atomic E-state index is 0.0476. The summed E-state index contributed by atoms with van der Waals surface area (Å²) in [6.07, 6.45) is 3.80. The smallest absolute Gasteiger partial charge is 0.287 e. The quantitative estimate of drug-likeness (QED) is 0.660. The van der Waals surface area contributed by atoms with Gasteiger partial charge in [0.25, 0.3) is 11.6 Å². The SMILES string of the molecule is O=C(N[C@H]1CCCC[C@H]1CO)c1ccc([N+](=O)[O-])c(Cl)c1. The lowest BCUT2D eigenvalue weighted by Crippen LogP contribution is -2.43. The predicted octanol–water partition coefficient (Wildman–Crippen LogP) is 2.53. The van der Waals surface area contributed by atoms with Crippen molar-refractivity contribution < 1.29 is 14.8 Å². The van der Waals surface area contributed by atoms with Crippen molar-refractivity contribution >= 4 is 23.2 Å². The zero-order valence-corrected chi connectivity index (χ0v) is 12.2. The van der Waals surface area contributed by atoms with Gasteiger partial charge < -0.3 is 10.4 Å². The lowest BCUT2D eigenvalue weighted by Gasteiger charge is -2.30. The van der Waals surface area contributed by atoms with Crippen LogP contribution in [0.25, 0.3) is 0 Å². The molecule has 114 valence electrons. The van der Waals surface area contributed by atoms with Gasteiger partial charge in [0.05, 0.1) is 4.92 Å². The van der Waals surface area contributed by atoms with Crippen molar-refractivity contribution in [3.8, 4) is 0 Å². The van der Waals surface area contributed by atoms with Crippen LogP contribution < -0.4 is 5.32 Å². The summed E-state index contributed by atoms with van der Waals surface area (Å²) in [6.45, 7) is 0.0476. The third-order valence-corrected chi connectivity index (χ3v) is 4.17. The summed E-state index contributed by atoms with van der Waals surface area (Å²) in [7, 11) is 0. The van der Waals surface area contributed by atoms with Crippen LogP contribution in [0.4, 0.5) is 5.69 Å². The van der Waals surface area contributed by atoms with Crippen LogP contribution in [0.2, 0.25) is 5.02 Å². The maximum Gasteiger partial charge on any atom is 0.287 e. The van der Waals surface area contributed by atoms with E-state index in [0.29, 0.717) is 0 Å². The van der Waals surface area contributed by atoms with Crippen molar-refractivity contribution in [3.63, 3.8) is 0 Å². The standard InChI is InChI=1S/C14H17ClN2O4/c15-11-7-9(5-6-13(11)17(20)21)14(19)16-12-4-2-1-3-10(12)8-18/h5-7,10,12,18H,1-4,8H2,(H,16,19)/t10-,12-/m0/s1. The lowest BCUT2D eigenvalue weighted by molar-refractivity contribution is -0.384. The summed E-state index contributed by atoms with van der Waals surface area (Å²) >= 11 is 5.81. The van der Waals surface area contributed by atoms with Crippen molar-refractivity contribution in [1.29, 1.82) is 0 Å². The van der Waals surface area contributed by atoms with Crippen LogP contribution in [-0.4, -0.2) is 28.6 Å². The predicted molar refractivity (Wildman–Crippen MR) is 78.4 cm³/mol. The number of aliphatic hydroxyl groups is 1. The molecule has 2 rings (SSSR count). The zero-order chi connectivity index (χ0) is 15.4. The van der Waals surface area contributed by atoms with Crippen LogP contribution in [0.15, 0.2) is 18.2 Å². The number of nitro benzene ring substituents is 1. The molecule has 7 heteroatoms. The summed E-state index contributed by atoms with van der Waals surface area (Å²) < 4.78 is 0. The van der Waals surface area contributed by atoms with Crippen LogP contribution in [0.3, 0.4) is 0 Å². The van der Waals surface area contributed by atoms with E-state index in [1.165, 1.54) is 18.2 Å². The molecule has 6 nitrogen and oxygen atoms in total. The van der Waals surface area contributed by atoms with Crippen molar-refractivity contribution in [2.75, 3.05) is 6.61 Å². The highest BCUT2D eigenvalue weighted by atomic mass is 35.5. The fourth-order valence-corrected chi connectivity index (χ4v) is 2.91. The number of carbonyl (C=O) groups is 1. The van der Waals surface area contributed by atoms with Crippen molar-refractivity contribution in [2.24, 2.45) is 5.92 Å². The number of rotatable bonds is 4. The monoisotopic (exact) mass is 312 g/mol. The van der Waals surface area contributed by atoms with E-state index in [4.69, 9.17) is 11.6 Å². The molecule has 0 spiro atoms. The van der Waals surface area contributed by atoms with Crippen LogP contribution >= 0.6 is 11.6 Å².